The standard InChI is InChI=1S/C22H31N5O3/c1-15-19(16(2)26(4)24-15)13-25(3)22(30)17-10-11-21(29)27(12-17)14-20(28)23-18-8-6-5-7-9-18/h10-12,18H,5-9,13-14H2,1-4H3,(H,23,28). The molecule has 0 unspecified atom stereocenters. The van der Waals surface area contributed by atoms with Crippen molar-refractivity contribution in [3.63, 3.8) is 0 Å². The molecule has 2 aromatic rings. The number of aryl methyl sites for hydroxylation is 2. The zero-order valence-corrected chi connectivity index (χ0v) is 18.3. The van der Waals surface area contributed by atoms with Gasteiger partial charge in [-0.1, -0.05) is 19.3 Å². The summed E-state index contributed by atoms with van der Waals surface area (Å²) in [6, 6.07) is 3.04. The minimum atomic E-state index is -0.299. The zero-order valence-electron chi connectivity index (χ0n) is 18.3. The Bertz CT molecular complexity index is 985. The fraction of sp³-hybridized carbons (Fsp3) is 0.545. The van der Waals surface area contributed by atoms with Crippen molar-refractivity contribution >= 4 is 11.8 Å². The summed E-state index contributed by atoms with van der Waals surface area (Å²) >= 11 is 0. The molecular weight excluding hydrogens is 382 g/mol. The first-order chi connectivity index (χ1) is 14.3. The maximum Gasteiger partial charge on any atom is 0.255 e. The fourth-order valence-corrected chi connectivity index (χ4v) is 4.03. The van der Waals surface area contributed by atoms with Crippen molar-refractivity contribution in [1.82, 2.24) is 24.6 Å². The largest absolute Gasteiger partial charge is 0.352 e. The predicted octanol–water partition coefficient (Wildman–Crippen LogP) is 1.92. The second-order valence-corrected chi connectivity index (χ2v) is 8.22. The van der Waals surface area contributed by atoms with Gasteiger partial charge in [-0.15, -0.1) is 0 Å². The molecule has 8 nitrogen and oxygen atoms in total. The molecule has 1 N–H and O–H groups in total. The lowest BCUT2D eigenvalue weighted by Crippen LogP contribution is -2.40. The van der Waals surface area contributed by atoms with Gasteiger partial charge in [-0.25, -0.2) is 0 Å². The van der Waals surface area contributed by atoms with Crippen LogP contribution in [0.5, 0.6) is 0 Å². The lowest BCUT2D eigenvalue weighted by molar-refractivity contribution is -0.122. The summed E-state index contributed by atoms with van der Waals surface area (Å²) in [5, 5.41) is 7.40. The van der Waals surface area contributed by atoms with Gasteiger partial charge in [0, 0.05) is 50.2 Å². The second kappa shape index (κ2) is 9.28. The van der Waals surface area contributed by atoms with Gasteiger partial charge in [0.1, 0.15) is 6.54 Å². The van der Waals surface area contributed by atoms with Crippen molar-refractivity contribution in [2.24, 2.45) is 7.05 Å². The number of carbonyl (C=O) groups is 2. The van der Waals surface area contributed by atoms with Crippen molar-refractivity contribution in [1.29, 1.82) is 0 Å². The summed E-state index contributed by atoms with van der Waals surface area (Å²) in [4.78, 5) is 39.1. The van der Waals surface area contributed by atoms with E-state index in [4.69, 9.17) is 0 Å². The van der Waals surface area contributed by atoms with Crippen LogP contribution in [-0.2, 0) is 24.9 Å². The number of aromatic nitrogens is 3. The van der Waals surface area contributed by atoms with Gasteiger partial charge in [-0.05, 0) is 32.8 Å². The van der Waals surface area contributed by atoms with Crippen molar-refractivity contribution in [2.45, 2.75) is 65.1 Å². The summed E-state index contributed by atoms with van der Waals surface area (Å²) in [6.45, 7) is 4.23. The van der Waals surface area contributed by atoms with Crippen molar-refractivity contribution in [3.8, 4) is 0 Å². The van der Waals surface area contributed by atoms with Gasteiger partial charge in [0.05, 0.1) is 11.3 Å². The first-order valence-corrected chi connectivity index (χ1v) is 10.5. The molecule has 0 saturated heterocycles. The molecule has 0 spiro atoms. The lowest BCUT2D eigenvalue weighted by atomic mass is 9.95. The summed E-state index contributed by atoms with van der Waals surface area (Å²) in [7, 11) is 3.60. The van der Waals surface area contributed by atoms with Crippen LogP contribution in [0.4, 0.5) is 0 Å². The molecule has 2 aromatic heterocycles. The normalized spacial score (nSPS) is 14.5. The molecule has 1 fully saturated rings. The number of carbonyl (C=O) groups excluding carboxylic acids is 2. The molecule has 2 amide bonds. The molecule has 0 radical (unpaired) electrons. The van der Waals surface area contributed by atoms with E-state index in [9.17, 15) is 14.4 Å². The monoisotopic (exact) mass is 413 g/mol. The Kier molecular flexibility index (Phi) is 6.74. The van der Waals surface area contributed by atoms with Crippen LogP contribution >= 0.6 is 0 Å². The molecule has 0 aliphatic heterocycles. The molecule has 3 rings (SSSR count). The number of nitrogens with one attached hydrogen (secondary N) is 1. The Morgan fingerprint density at radius 1 is 1.20 bits per heavy atom. The van der Waals surface area contributed by atoms with E-state index in [1.54, 1.807) is 16.6 Å². The quantitative estimate of drug-likeness (QED) is 0.784. The number of nitrogens with zero attached hydrogens (tertiary/aromatic N) is 4. The zero-order chi connectivity index (χ0) is 21.8. The van der Waals surface area contributed by atoms with Crippen LogP contribution in [0.25, 0.3) is 0 Å². The molecule has 0 bridgehead atoms. The molecule has 0 atom stereocenters. The van der Waals surface area contributed by atoms with E-state index in [0.29, 0.717) is 12.1 Å². The fourth-order valence-electron chi connectivity index (χ4n) is 4.03. The van der Waals surface area contributed by atoms with Gasteiger partial charge in [-0.3, -0.25) is 19.1 Å². The Hall–Kier alpha value is -2.90. The number of rotatable bonds is 6. The SMILES string of the molecule is Cc1nn(C)c(C)c1CN(C)C(=O)c1ccc(=O)n(CC(=O)NC2CCCCC2)c1. The first kappa shape index (κ1) is 21.8. The molecule has 2 heterocycles. The van der Waals surface area contributed by atoms with E-state index in [2.05, 4.69) is 10.4 Å². The number of hydrogen-bond acceptors (Lipinski definition) is 4. The maximum absolute atomic E-state index is 12.9. The average molecular weight is 414 g/mol. The summed E-state index contributed by atoms with van der Waals surface area (Å²) in [5.74, 6) is -0.400. The number of pyridine rings is 1. The molecule has 0 aromatic carbocycles. The molecule has 8 heteroatoms. The molecule has 30 heavy (non-hydrogen) atoms. The van der Waals surface area contributed by atoms with E-state index < -0.39 is 0 Å². The molecule has 1 saturated carbocycles. The Morgan fingerprint density at radius 3 is 2.53 bits per heavy atom. The highest BCUT2D eigenvalue weighted by Gasteiger charge is 2.19. The number of hydrogen-bond donors (Lipinski definition) is 1. The highest BCUT2D eigenvalue weighted by Crippen LogP contribution is 2.17. The lowest BCUT2D eigenvalue weighted by Gasteiger charge is -2.23. The van der Waals surface area contributed by atoms with Gasteiger partial charge in [0.2, 0.25) is 5.91 Å². The molecule has 1 aliphatic carbocycles. The highest BCUT2D eigenvalue weighted by atomic mass is 16.2. The first-order valence-electron chi connectivity index (χ1n) is 10.5. The van der Waals surface area contributed by atoms with Gasteiger partial charge in [0.15, 0.2) is 0 Å². The predicted molar refractivity (Wildman–Crippen MR) is 114 cm³/mol. The maximum atomic E-state index is 12.9. The van der Waals surface area contributed by atoms with Gasteiger partial charge in [0.25, 0.3) is 11.5 Å². The van der Waals surface area contributed by atoms with E-state index >= 15 is 0 Å². The Labute approximate surface area is 176 Å². The van der Waals surface area contributed by atoms with E-state index in [0.717, 1.165) is 42.6 Å². The van der Waals surface area contributed by atoms with Gasteiger partial charge in [-0.2, -0.15) is 5.10 Å². The van der Waals surface area contributed by atoms with Gasteiger partial charge < -0.3 is 14.8 Å². The third-order valence-corrected chi connectivity index (χ3v) is 5.92. The van der Waals surface area contributed by atoms with Crippen molar-refractivity contribution in [3.05, 3.63) is 51.2 Å². The smallest absolute Gasteiger partial charge is 0.255 e. The Morgan fingerprint density at radius 2 is 1.90 bits per heavy atom. The van der Waals surface area contributed by atoms with Crippen LogP contribution in [0.2, 0.25) is 0 Å². The van der Waals surface area contributed by atoms with Crippen LogP contribution in [0.15, 0.2) is 23.1 Å². The minimum absolute atomic E-state index is 0.0824. The second-order valence-electron chi connectivity index (χ2n) is 8.22. The van der Waals surface area contributed by atoms with Crippen molar-refractivity contribution < 1.29 is 9.59 Å². The Balaban J connectivity index is 1.69. The number of amides is 2. The third-order valence-electron chi connectivity index (χ3n) is 5.92. The third kappa shape index (κ3) is 4.98. The summed E-state index contributed by atoms with van der Waals surface area (Å²) < 4.78 is 3.11. The average Bonchev–Trinajstić information content (AvgIpc) is 2.95. The van der Waals surface area contributed by atoms with Crippen LogP contribution in [0, 0.1) is 13.8 Å². The van der Waals surface area contributed by atoms with E-state index in [-0.39, 0.29) is 30.0 Å². The van der Waals surface area contributed by atoms with Crippen LogP contribution < -0.4 is 10.9 Å². The molecular formula is C22H31N5O3. The molecule has 1 aliphatic rings. The minimum Gasteiger partial charge on any atom is -0.352 e. The molecule has 162 valence electrons. The van der Waals surface area contributed by atoms with Crippen LogP contribution in [0.1, 0.15) is 59.4 Å². The summed E-state index contributed by atoms with van der Waals surface area (Å²) in [5.41, 5.74) is 2.98. The van der Waals surface area contributed by atoms with Crippen LogP contribution in [0.3, 0.4) is 0 Å². The van der Waals surface area contributed by atoms with Crippen LogP contribution in [-0.4, -0.2) is 44.2 Å². The van der Waals surface area contributed by atoms with Crippen molar-refractivity contribution in [2.75, 3.05) is 7.05 Å². The van der Waals surface area contributed by atoms with E-state index in [1.165, 1.54) is 29.3 Å². The van der Waals surface area contributed by atoms with Gasteiger partial charge >= 0.3 is 0 Å². The summed E-state index contributed by atoms with van der Waals surface area (Å²) in [6.07, 6.45) is 6.90. The van der Waals surface area contributed by atoms with E-state index in [1.807, 2.05) is 20.9 Å². The topological polar surface area (TPSA) is 89.2 Å². The highest BCUT2D eigenvalue weighted by molar-refractivity contribution is 5.93.